The number of nitrogens with zero attached hydrogens (tertiary/aromatic N) is 3. The van der Waals surface area contributed by atoms with Crippen molar-refractivity contribution in [3.8, 4) is 11.3 Å². The first-order chi connectivity index (χ1) is 10.5. The fourth-order valence-corrected chi connectivity index (χ4v) is 3.66. The summed E-state index contributed by atoms with van der Waals surface area (Å²) in [5.41, 5.74) is 7.69. The first-order valence-electron chi connectivity index (χ1n) is 6.45. The number of hydrogen-bond donors (Lipinski definition) is 2. The minimum atomic E-state index is -0.412. The molecule has 0 aliphatic heterocycles. The molecule has 3 rings (SSSR count). The van der Waals surface area contributed by atoms with Crippen LogP contribution in [0.25, 0.3) is 11.3 Å². The molecule has 3 aromatic rings. The van der Waals surface area contributed by atoms with Crippen molar-refractivity contribution in [3.05, 3.63) is 39.3 Å². The quantitative estimate of drug-likeness (QED) is 0.769. The molecule has 0 atom stereocenters. The molecule has 0 aliphatic rings. The number of nitrogen functional groups attached to an aromatic ring is 1. The molecule has 112 valence electrons. The maximum Gasteiger partial charge on any atom is 0.279 e. The number of thiazole rings is 1. The van der Waals surface area contributed by atoms with E-state index in [4.69, 9.17) is 5.73 Å². The predicted octanol–water partition coefficient (Wildman–Crippen LogP) is 3.11. The lowest BCUT2D eigenvalue weighted by Crippen LogP contribution is -2.16. The van der Waals surface area contributed by atoms with Crippen LogP contribution in [0.1, 0.15) is 20.2 Å². The van der Waals surface area contributed by atoms with Crippen LogP contribution in [0.2, 0.25) is 0 Å². The van der Waals surface area contributed by atoms with E-state index in [1.807, 2.05) is 5.38 Å². The van der Waals surface area contributed by atoms with Crippen LogP contribution in [0.3, 0.4) is 0 Å². The lowest BCUT2D eigenvalue weighted by atomic mass is 10.2. The Hall–Kier alpha value is -2.32. The normalized spacial score (nSPS) is 10.6. The van der Waals surface area contributed by atoms with Crippen LogP contribution in [-0.4, -0.2) is 20.9 Å². The molecule has 3 heterocycles. The van der Waals surface area contributed by atoms with Crippen molar-refractivity contribution in [2.24, 2.45) is 0 Å². The molecule has 0 fully saturated rings. The zero-order valence-electron chi connectivity index (χ0n) is 12.0. The molecule has 8 heteroatoms. The van der Waals surface area contributed by atoms with Gasteiger partial charge < -0.3 is 5.73 Å². The molecule has 0 aliphatic carbocycles. The summed E-state index contributed by atoms with van der Waals surface area (Å²) >= 11 is 3.09. The van der Waals surface area contributed by atoms with E-state index in [1.165, 1.54) is 33.5 Å². The summed E-state index contributed by atoms with van der Waals surface area (Å²) < 4.78 is 0. The average Bonchev–Trinajstić information content (AvgIpc) is 3.05. The minimum Gasteiger partial charge on any atom is -0.382 e. The summed E-state index contributed by atoms with van der Waals surface area (Å²) in [6.07, 6.45) is 2.87. The summed E-state index contributed by atoms with van der Waals surface area (Å²) in [6, 6.07) is 2.10. The lowest BCUT2D eigenvalue weighted by molar-refractivity contribution is 0.102. The summed E-state index contributed by atoms with van der Waals surface area (Å²) in [4.78, 5) is 26.8. The van der Waals surface area contributed by atoms with E-state index in [0.717, 1.165) is 11.3 Å². The van der Waals surface area contributed by atoms with Crippen molar-refractivity contribution in [3.63, 3.8) is 0 Å². The molecule has 3 aromatic heterocycles. The van der Waals surface area contributed by atoms with Gasteiger partial charge >= 0.3 is 0 Å². The van der Waals surface area contributed by atoms with E-state index >= 15 is 0 Å². The van der Waals surface area contributed by atoms with E-state index in [2.05, 4.69) is 40.2 Å². The number of amides is 1. The van der Waals surface area contributed by atoms with E-state index in [0.29, 0.717) is 5.13 Å². The van der Waals surface area contributed by atoms with Gasteiger partial charge in [-0.1, -0.05) is 0 Å². The highest BCUT2D eigenvalue weighted by Gasteiger charge is 2.15. The van der Waals surface area contributed by atoms with Gasteiger partial charge in [-0.15, -0.1) is 22.7 Å². The predicted molar refractivity (Wildman–Crippen MR) is 89.3 cm³/mol. The van der Waals surface area contributed by atoms with Gasteiger partial charge in [-0.2, -0.15) is 0 Å². The van der Waals surface area contributed by atoms with Gasteiger partial charge in [0.2, 0.25) is 0 Å². The Bertz CT molecular complexity index is 839. The maximum absolute atomic E-state index is 12.1. The van der Waals surface area contributed by atoms with Gasteiger partial charge in [0.1, 0.15) is 0 Å². The van der Waals surface area contributed by atoms with Gasteiger partial charge in [-0.05, 0) is 19.9 Å². The Morgan fingerprint density at radius 1 is 1.27 bits per heavy atom. The third-order valence-electron chi connectivity index (χ3n) is 2.98. The van der Waals surface area contributed by atoms with E-state index in [9.17, 15) is 4.79 Å². The van der Waals surface area contributed by atoms with Gasteiger partial charge in [0.25, 0.3) is 5.91 Å². The second kappa shape index (κ2) is 5.82. The number of nitrogens with two attached hydrogens (primary N) is 1. The highest BCUT2D eigenvalue weighted by molar-refractivity contribution is 7.14. The monoisotopic (exact) mass is 331 g/mol. The molecule has 0 spiro atoms. The zero-order valence-corrected chi connectivity index (χ0v) is 13.6. The van der Waals surface area contributed by atoms with Crippen LogP contribution in [0, 0.1) is 13.8 Å². The van der Waals surface area contributed by atoms with Gasteiger partial charge in [0.15, 0.2) is 16.6 Å². The third-order valence-corrected chi connectivity index (χ3v) is 4.71. The Morgan fingerprint density at radius 2 is 2.05 bits per heavy atom. The average molecular weight is 331 g/mol. The van der Waals surface area contributed by atoms with Crippen molar-refractivity contribution in [1.82, 2.24) is 15.0 Å². The molecule has 0 saturated heterocycles. The van der Waals surface area contributed by atoms with Crippen LogP contribution in [-0.2, 0) is 0 Å². The second-order valence-corrected chi connectivity index (χ2v) is 6.93. The van der Waals surface area contributed by atoms with Crippen LogP contribution < -0.4 is 11.1 Å². The molecular formula is C14H13N5OS2. The largest absolute Gasteiger partial charge is 0.382 e. The van der Waals surface area contributed by atoms with Crippen molar-refractivity contribution >= 4 is 39.5 Å². The Balaban J connectivity index is 1.82. The highest BCUT2D eigenvalue weighted by Crippen LogP contribution is 2.32. The molecule has 6 nitrogen and oxygen atoms in total. The zero-order chi connectivity index (χ0) is 15.7. The smallest absolute Gasteiger partial charge is 0.279 e. The van der Waals surface area contributed by atoms with Crippen LogP contribution in [0.5, 0.6) is 0 Å². The summed E-state index contributed by atoms with van der Waals surface area (Å²) in [7, 11) is 0. The van der Waals surface area contributed by atoms with Crippen LogP contribution in [0.4, 0.5) is 10.9 Å². The fraction of sp³-hybridized carbons (Fsp3) is 0.143. The number of rotatable bonds is 3. The van der Waals surface area contributed by atoms with Crippen LogP contribution in [0.15, 0.2) is 23.8 Å². The number of aromatic nitrogens is 3. The number of thiophene rings is 1. The Morgan fingerprint density at radius 3 is 2.73 bits per heavy atom. The number of aryl methyl sites for hydroxylation is 2. The third kappa shape index (κ3) is 2.83. The minimum absolute atomic E-state index is 0.0982. The van der Waals surface area contributed by atoms with Gasteiger partial charge in [0.05, 0.1) is 5.69 Å². The fourth-order valence-electron chi connectivity index (χ4n) is 2.02. The first kappa shape index (κ1) is 14.6. The summed E-state index contributed by atoms with van der Waals surface area (Å²) in [5.74, 6) is -0.314. The number of anilines is 2. The van der Waals surface area contributed by atoms with Crippen LogP contribution >= 0.6 is 22.7 Å². The molecule has 0 unspecified atom stereocenters. The van der Waals surface area contributed by atoms with Crippen molar-refractivity contribution in [2.75, 3.05) is 11.1 Å². The van der Waals surface area contributed by atoms with Crippen molar-refractivity contribution in [1.29, 1.82) is 0 Å². The SMILES string of the molecule is Cc1cc(-c2csc(NC(=O)c3nccnc3N)n2)c(C)s1. The number of carbonyl (C=O) groups excluding carboxylic acids is 1. The molecule has 0 aromatic carbocycles. The van der Waals surface area contributed by atoms with E-state index in [1.54, 1.807) is 11.3 Å². The Labute approximate surface area is 135 Å². The van der Waals surface area contributed by atoms with Gasteiger partial charge in [0, 0.05) is 33.1 Å². The maximum atomic E-state index is 12.1. The molecular weight excluding hydrogens is 318 g/mol. The molecule has 22 heavy (non-hydrogen) atoms. The highest BCUT2D eigenvalue weighted by atomic mass is 32.1. The number of carbonyl (C=O) groups is 1. The van der Waals surface area contributed by atoms with E-state index < -0.39 is 5.91 Å². The first-order valence-corrected chi connectivity index (χ1v) is 8.15. The molecule has 1 amide bonds. The van der Waals surface area contributed by atoms with Crippen molar-refractivity contribution < 1.29 is 4.79 Å². The lowest BCUT2D eigenvalue weighted by Gasteiger charge is -2.02. The van der Waals surface area contributed by atoms with Crippen molar-refractivity contribution in [2.45, 2.75) is 13.8 Å². The molecule has 3 N–H and O–H groups in total. The number of nitrogens with one attached hydrogen (secondary N) is 1. The molecule has 0 saturated carbocycles. The number of hydrogen-bond acceptors (Lipinski definition) is 7. The Kier molecular flexibility index (Phi) is 3.86. The van der Waals surface area contributed by atoms with Gasteiger partial charge in [-0.25, -0.2) is 15.0 Å². The molecule has 0 radical (unpaired) electrons. The standard InChI is InChI=1S/C14H13N5OS2/c1-7-5-9(8(2)22-7)10-6-21-14(18-10)19-13(20)11-12(15)17-4-3-16-11/h3-6H,1-2H3,(H2,15,17)(H,18,19,20). The second-order valence-electron chi connectivity index (χ2n) is 4.61. The van der Waals surface area contributed by atoms with Gasteiger partial charge in [-0.3, -0.25) is 10.1 Å². The summed E-state index contributed by atoms with van der Waals surface area (Å²) in [5, 5.41) is 5.13. The molecule has 0 bridgehead atoms. The topological polar surface area (TPSA) is 93.8 Å². The van der Waals surface area contributed by atoms with E-state index in [-0.39, 0.29) is 11.5 Å². The summed E-state index contributed by atoms with van der Waals surface area (Å²) in [6.45, 7) is 4.12.